The zero-order valence-corrected chi connectivity index (χ0v) is 14.5. The number of carbonyl (C=O) groups is 1. The Morgan fingerprint density at radius 3 is 3.08 bits per heavy atom. The summed E-state index contributed by atoms with van der Waals surface area (Å²) in [5.74, 6) is 1.21. The minimum atomic E-state index is -0.195. The number of hydrogen-bond acceptors (Lipinski definition) is 8. The number of anilines is 2. The molecule has 0 aliphatic rings. The number of nitrogens with zero attached hydrogens (tertiary/aromatic N) is 5. The molecule has 3 heterocycles. The van der Waals surface area contributed by atoms with E-state index >= 15 is 0 Å². The minimum Gasteiger partial charge on any atom is -0.350 e. The van der Waals surface area contributed by atoms with Crippen LogP contribution in [0.15, 0.2) is 41.3 Å². The third kappa shape index (κ3) is 4.30. The topological polar surface area (TPSA) is 97.6 Å². The number of pyridine rings is 1. The summed E-state index contributed by atoms with van der Waals surface area (Å²) in [7, 11) is 1.88. The maximum atomic E-state index is 12.1. The first-order chi connectivity index (χ1) is 11.7. The lowest BCUT2D eigenvalue weighted by Crippen LogP contribution is -2.26. The van der Waals surface area contributed by atoms with Crippen LogP contribution in [0.3, 0.4) is 0 Å². The number of hydrogen-bond donors (Lipinski definition) is 2. The van der Waals surface area contributed by atoms with Gasteiger partial charge in [-0.2, -0.15) is 0 Å². The quantitative estimate of drug-likeness (QED) is 0.490. The normalized spacial score (nSPS) is 10.5. The molecule has 3 rings (SSSR count). The molecule has 0 saturated heterocycles. The van der Waals surface area contributed by atoms with Gasteiger partial charge in [-0.25, -0.2) is 9.97 Å². The Balaban J connectivity index is 1.46. The number of rotatable bonds is 7. The van der Waals surface area contributed by atoms with E-state index in [1.54, 1.807) is 17.9 Å². The van der Waals surface area contributed by atoms with Gasteiger partial charge in [0.25, 0.3) is 5.91 Å². The molecule has 0 radical (unpaired) electrons. The van der Waals surface area contributed by atoms with Crippen LogP contribution in [0.4, 0.5) is 10.9 Å². The van der Waals surface area contributed by atoms with Crippen molar-refractivity contribution in [1.29, 1.82) is 0 Å². The van der Waals surface area contributed by atoms with E-state index in [1.807, 2.05) is 29.8 Å². The van der Waals surface area contributed by atoms with Crippen molar-refractivity contribution in [3.05, 3.63) is 41.8 Å². The third-order valence-corrected chi connectivity index (χ3v) is 4.72. The van der Waals surface area contributed by atoms with Gasteiger partial charge in [0.1, 0.15) is 17.8 Å². The van der Waals surface area contributed by atoms with E-state index in [9.17, 15) is 4.79 Å². The lowest BCUT2D eigenvalue weighted by Gasteiger charge is -2.03. The highest BCUT2D eigenvalue weighted by molar-refractivity contribution is 7.99. The van der Waals surface area contributed by atoms with Crippen LogP contribution in [0.25, 0.3) is 0 Å². The van der Waals surface area contributed by atoms with Gasteiger partial charge in [0.2, 0.25) is 0 Å². The lowest BCUT2D eigenvalue weighted by atomic mass is 10.4. The number of aryl methyl sites for hydroxylation is 1. The molecule has 0 aliphatic carbocycles. The highest BCUT2D eigenvalue weighted by Crippen LogP contribution is 2.19. The van der Waals surface area contributed by atoms with Gasteiger partial charge >= 0.3 is 0 Å². The van der Waals surface area contributed by atoms with E-state index in [0.29, 0.717) is 28.9 Å². The van der Waals surface area contributed by atoms with E-state index in [1.165, 1.54) is 23.1 Å². The Morgan fingerprint density at radius 2 is 2.33 bits per heavy atom. The Kier molecular flexibility index (Phi) is 5.39. The summed E-state index contributed by atoms with van der Waals surface area (Å²) in [6.45, 7) is 0.525. The monoisotopic (exact) mass is 361 g/mol. The average Bonchev–Trinajstić information content (AvgIpc) is 3.22. The van der Waals surface area contributed by atoms with Gasteiger partial charge in [0, 0.05) is 30.9 Å². The van der Waals surface area contributed by atoms with Crippen molar-refractivity contribution < 1.29 is 4.79 Å². The van der Waals surface area contributed by atoms with Crippen molar-refractivity contribution in [2.45, 2.75) is 5.16 Å². The second-order valence-corrected chi connectivity index (χ2v) is 6.63. The molecule has 3 aromatic heterocycles. The van der Waals surface area contributed by atoms with Gasteiger partial charge in [-0.3, -0.25) is 4.79 Å². The molecule has 8 nitrogen and oxygen atoms in total. The van der Waals surface area contributed by atoms with Gasteiger partial charge in [0.15, 0.2) is 10.3 Å². The summed E-state index contributed by atoms with van der Waals surface area (Å²) in [6, 6.07) is 5.56. The van der Waals surface area contributed by atoms with Gasteiger partial charge in [-0.1, -0.05) is 17.8 Å². The zero-order chi connectivity index (χ0) is 16.8. The Hall–Kier alpha value is -2.46. The van der Waals surface area contributed by atoms with E-state index < -0.39 is 0 Å². The second-order valence-electron chi connectivity index (χ2n) is 4.71. The number of amides is 1. The van der Waals surface area contributed by atoms with E-state index in [4.69, 9.17) is 0 Å². The molecule has 0 aromatic carbocycles. The van der Waals surface area contributed by atoms with Crippen LogP contribution in [-0.4, -0.2) is 42.9 Å². The number of thioether (sulfide) groups is 1. The zero-order valence-electron chi connectivity index (χ0n) is 12.8. The summed E-state index contributed by atoms with van der Waals surface area (Å²) in [6.07, 6.45) is 3.34. The van der Waals surface area contributed by atoms with Crippen LogP contribution in [0.5, 0.6) is 0 Å². The summed E-state index contributed by atoms with van der Waals surface area (Å²) in [5, 5.41) is 16.9. The predicted octanol–water partition coefficient (Wildman–Crippen LogP) is 1.93. The molecule has 1 amide bonds. The minimum absolute atomic E-state index is 0.195. The summed E-state index contributed by atoms with van der Waals surface area (Å²) < 4.78 is 1.84. The van der Waals surface area contributed by atoms with Crippen LogP contribution < -0.4 is 10.6 Å². The molecular weight excluding hydrogens is 346 g/mol. The van der Waals surface area contributed by atoms with Gasteiger partial charge < -0.3 is 15.2 Å². The third-order valence-electron chi connectivity index (χ3n) is 2.93. The maximum Gasteiger partial charge on any atom is 0.270 e. The Bertz CT molecular complexity index is 802. The number of aromatic nitrogens is 5. The molecule has 0 bridgehead atoms. The van der Waals surface area contributed by atoms with Crippen molar-refractivity contribution in [3.8, 4) is 0 Å². The fourth-order valence-corrected chi connectivity index (χ4v) is 3.22. The average molecular weight is 361 g/mol. The second kappa shape index (κ2) is 7.88. The van der Waals surface area contributed by atoms with Crippen molar-refractivity contribution in [1.82, 2.24) is 30.0 Å². The lowest BCUT2D eigenvalue weighted by molar-refractivity contribution is 0.0952. The van der Waals surface area contributed by atoms with Crippen LogP contribution in [0.2, 0.25) is 0 Å². The first kappa shape index (κ1) is 16.4. The molecule has 10 heteroatoms. The first-order valence-electron chi connectivity index (χ1n) is 7.11. The summed E-state index contributed by atoms with van der Waals surface area (Å²) in [5.41, 5.74) is 0.391. The highest BCUT2D eigenvalue weighted by atomic mass is 32.2. The van der Waals surface area contributed by atoms with Gasteiger partial charge in [-0.05, 0) is 12.1 Å². The molecule has 2 N–H and O–H groups in total. The van der Waals surface area contributed by atoms with Gasteiger partial charge in [-0.15, -0.1) is 21.5 Å². The Morgan fingerprint density at radius 1 is 1.42 bits per heavy atom. The smallest absolute Gasteiger partial charge is 0.270 e. The molecule has 0 saturated carbocycles. The largest absolute Gasteiger partial charge is 0.350 e. The summed E-state index contributed by atoms with van der Waals surface area (Å²) in [4.78, 5) is 20.5. The molecule has 0 atom stereocenters. The molecule has 24 heavy (non-hydrogen) atoms. The molecule has 0 spiro atoms. The first-order valence-corrected chi connectivity index (χ1v) is 8.97. The number of thiazole rings is 1. The van der Waals surface area contributed by atoms with E-state index in [2.05, 4.69) is 30.8 Å². The van der Waals surface area contributed by atoms with E-state index in [-0.39, 0.29) is 5.91 Å². The summed E-state index contributed by atoms with van der Waals surface area (Å²) >= 11 is 2.90. The van der Waals surface area contributed by atoms with E-state index in [0.717, 1.165) is 5.16 Å². The van der Waals surface area contributed by atoms with Crippen LogP contribution in [0, 0.1) is 0 Å². The van der Waals surface area contributed by atoms with Crippen molar-refractivity contribution in [2.75, 3.05) is 17.6 Å². The molecule has 3 aromatic rings. The predicted molar refractivity (Wildman–Crippen MR) is 93.7 cm³/mol. The molecule has 0 aliphatic heterocycles. The Labute approximate surface area is 146 Å². The van der Waals surface area contributed by atoms with Crippen LogP contribution in [-0.2, 0) is 7.05 Å². The van der Waals surface area contributed by atoms with Crippen molar-refractivity contribution >= 4 is 40.0 Å². The molecule has 124 valence electrons. The number of nitrogens with one attached hydrogen (secondary N) is 2. The molecular formula is C14H15N7OS2. The van der Waals surface area contributed by atoms with Gasteiger partial charge in [0.05, 0.1) is 0 Å². The van der Waals surface area contributed by atoms with Crippen molar-refractivity contribution in [3.63, 3.8) is 0 Å². The maximum absolute atomic E-state index is 12.1. The molecule has 0 fully saturated rings. The van der Waals surface area contributed by atoms with Crippen LogP contribution in [0.1, 0.15) is 10.5 Å². The standard InChI is InChI=1S/C14H15N7OS2/c1-21-9-17-20-14(21)23-7-6-16-12(22)10-8-24-13(18-10)19-11-4-2-3-5-15-11/h2-5,8-9H,6-7H2,1H3,(H,16,22)(H,15,18,19). The molecule has 0 unspecified atom stereocenters. The fourth-order valence-electron chi connectivity index (χ4n) is 1.78. The SMILES string of the molecule is Cn1cnnc1SCCNC(=O)c1csc(Nc2ccccn2)n1. The fraction of sp³-hybridized carbons (Fsp3) is 0.214. The number of carbonyl (C=O) groups excluding carboxylic acids is 1. The highest BCUT2D eigenvalue weighted by Gasteiger charge is 2.11. The van der Waals surface area contributed by atoms with Crippen LogP contribution >= 0.6 is 23.1 Å². The van der Waals surface area contributed by atoms with Crippen molar-refractivity contribution in [2.24, 2.45) is 7.05 Å².